The van der Waals surface area contributed by atoms with Gasteiger partial charge in [0.1, 0.15) is 11.4 Å². The highest BCUT2D eigenvalue weighted by Gasteiger charge is 2.41. The van der Waals surface area contributed by atoms with Gasteiger partial charge in [0.2, 0.25) is 0 Å². The number of carbonyl (C=O) groups excluding carboxylic acids is 1. The fourth-order valence-electron chi connectivity index (χ4n) is 3.52. The molecule has 1 aromatic carbocycles. The van der Waals surface area contributed by atoms with Crippen LogP contribution in [0, 0.1) is 0 Å². The predicted octanol–water partition coefficient (Wildman–Crippen LogP) is 4.84. The van der Waals surface area contributed by atoms with Crippen LogP contribution in [0.25, 0.3) is 5.57 Å². The lowest BCUT2D eigenvalue weighted by atomic mass is 9.95. The van der Waals surface area contributed by atoms with Gasteiger partial charge < -0.3 is 9.47 Å². The number of hydrogen-bond donors (Lipinski definition) is 0. The van der Waals surface area contributed by atoms with Gasteiger partial charge in [0.05, 0.1) is 6.04 Å². The third kappa shape index (κ3) is 4.11. The molecule has 2 unspecified atom stereocenters. The Kier molecular flexibility index (Phi) is 4.71. The quantitative estimate of drug-likeness (QED) is 0.782. The lowest BCUT2D eigenvalue weighted by Gasteiger charge is -2.35. The standard InChI is InChI=1S/C19H23F2NO3/c1-19(2,3)25-18(23)22-14-7-8-15(22)10-13(9-14)12-5-4-6-16(11-12)24-17(20)21/h4-6,9,11,14-15,17H,7-8,10H2,1-3H3. The maximum absolute atomic E-state index is 12.5. The normalized spacial score (nSPS) is 22.8. The lowest BCUT2D eigenvalue weighted by molar-refractivity contribution is -0.0498. The van der Waals surface area contributed by atoms with E-state index in [4.69, 9.17) is 4.74 Å². The van der Waals surface area contributed by atoms with Gasteiger partial charge >= 0.3 is 12.7 Å². The number of rotatable bonds is 3. The van der Waals surface area contributed by atoms with Gasteiger partial charge in [0.25, 0.3) is 0 Å². The number of nitrogens with zero attached hydrogens (tertiary/aromatic N) is 1. The Bertz CT molecular complexity index is 681. The predicted molar refractivity (Wildman–Crippen MR) is 90.6 cm³/mol. The first-order valence-electron chi connectivity index (χ1n) is 8.50. The third-order valence-corrected chi connectivity index (χ3v) is 4.43. The molecule has 6 heteroatoms. The molecule has 136 valence electrons. The van der Waals surface area contributed by atoms with E-state index in [9.17, 15) is 13.6 Å². The molecule has 2 aliphatic rings. The van der Waals surface area contributed by atoms with Crippen LogP contribution in [0.3, 0.4) is 0 Å². The van der Waals surface area contributed by atoms with Crippen molar-refractivity contribution in [3.05, 3.63) is 35.9 Å². The van der Waals surface area contributed by atoms with Crippen LogP contribution in [-0.4, -0.2) is 35.3 Å². The first-order chi connectivity index (χ1) is 11.7. The average Bonchev–Trinajstić information content (AvgIpc) is 2.76. The molecule has 1 saturated heterocycles. The molecule has 2 heterocycles. The average molecular weight is 351 g/mol. The molecule has 0 radical (unpaired) electrons. The fraction of sp³-hybridized carbons (Fsp3) is 0.526. The maximum Gasteiger partial charge on any atom is 0.411 e. The minimum Gasteiger partial charge on any atom is -0.444 e. The smallest absolute Gasteiger partial charge is 0.411 e. The molecular formula is C19H23F2NO3. The summed E-state index contributed by atoms with van der Waals surface area (Å²) < 4.78 is 34.8. The highest BCUT2D eigenvalue weighted by atomic mass is 19.3. The first kappa shape index (κ1) is 17.7. The monoisotopic (exact) mass is 351 g/mol. The third-order valence-electron chi connectivity index (χ3n) is 4.43. The molecule has 0 aliphatic carbocycles. The molecule has 0 saturated carbocycles. The highest BCUT2D eigenvalue weighted by molar-refractivity contribution is 5.75. The van der Waals surface area contributed by atoms with E-state index in [0.717, 1.165) is 24.0 Å². The largest absolute Gasteiger partial charge is 0.444 e. The summed E-state index contributed by atoms with van der Waals surface area (Å²) in [5.74, 6) is 0.148. The zero-order valence-electron chi connectivity index (χ0n) is 14.7. The van der Waals surface area contributed by atoms with Crippen molar-refractivity contribution < 1.29 is 23.0 Å². The highest BCUT2D eigenvalue weighted by Crippen LogP contribution is 2.39. The van der Waals surface area contributed by atoms with Gasteiger partial charge in [0, 0.05) is 6.04 Å². The second-order valence-corrected chi connectivity index (χ2v) is 7.49. The number of fused-ring (bicyclic) bond motifs is 2. The van der Waals surface area contributed by atoms with E-state index in [2.05, 4.69) is 10.8 Å². The summed E-state index contributed by atoms with van der Waals surface area (Å²) in [6.45, 7) is 2.72. The van der Waals surface area contributed by atoms with Gasteiger partial charge in [-0.25, -0.2) is 4.79 Å². The van der Waals surface area contributed by atoms with E-state index in [1.807, 2.05) is 31.7 Å². The van der Waals surface area contributed by atoms with Crippen LogP contribution >= 0.6 is 0 Å². The number of ether oxygens (including phenoxy) is 2. The van der Waals surface area contributed by atoms with Gasteiger partial charge in [-0.2, -0.15) is 8.78 Å². The van der Waals surface area contributed by atoms with Crippen LogP contribution < -0.4 is 4.74 Å². The zero-order chi connectivity index (χ0) is 18.2. The van der Waals surface area contributed by atoms with E-state index in [-0.39, 0.29) is 23.9 Å². The SMILES string of the molecule is CC(C)(C)OC(=O)N1C2C=C(c3cccc(OC(F)F)c3)CC1CC2. The minimum absolute atomic E-state index is 0.0109. The Morgan fingerprint density at radius 1 is 1.28 bits per heavy atom. The lowest BCUT2D eigenvalue weighted by Crippen LogP contribution is -2.45. The number of halogens is 2. The molecule has 4 nitrogen and oxygen atoms in total. The molecule has 25 heavy (non-hydrogen) atoms. The van der Waals surface area contributed by atoms with Gasteiger partial charge in [-0.3, -0.25) is 4.90 Å². The van der Waals surface area contributed by atoms with E-state index >= 15 is 0 Å². The van der Waals surface area contributed by atoms with E-state index < -0.39 is 12.2 Å². The molecule has 0 aromatic heterocycles. The molecule has 1 aromatic rings. The molecule has 0 spiro atoms. The van der Waals surface area contributed by atoms with E-state index in [0.29, 0.717) is 6.42 Å². The summed E-state index contributed by atoms with van der Waals surface area (Å²) in [4.78, 5) is 14.3. The Hall–Kier alpha value is -2.11. The van der Waals surface area contributed by atoms with Gasteiger partial charge in [-0.1, -0.05) is 18.2 Å². The zero-order valence-corrected chi connectivity index (χ0v) is 14.7. The number of alkyl halides is 2. The van der Waals surface area contributed by atoms with Crippen molar-refractivity contribution in [2.75, 3.05) is 0 Å². The van der Waals surface area contributed by atoms with Crippen molar-refractivity contribution in [2.24, 2.45) is 0 Å². The number of carbonyl (C=O) groups is 1. The van der Waals surface area contributed by atoms with Crippen molar-refractivity contribution in [1.82, 2.24) is 4.90 Å². The summed E-state index contributed by atoms with van der Waals surface area (Å²) in [5, 5.41) is 0. The van der Waals surface area contributed by atoms with Crippen molar-refractivity contribution >= 4 is 11.7 Å². The van der Waals surface area contributed by atoms with Crippen LogP contribution in [0.1, 0.15) is 45.6 Å². The molecule has 1 fully saturated rings. The number of benzene rings is 1. The van der Waals surface area contributed by atoms with Crippen molar-refractivity contribution in [1.29, 1.82) is 0 Å². The molecule has 2 aliphatic heterocycles. The van der Waals surface area contributed by atoms with Crippen LogP contribution in [-0.2, 0) is 4.74 Å². The van der Waals surface area contributed by atoms with Crippen molar-refractivity contribution in [2.45, 2.75) is 64.3 Å². The molecule has 2 bridgehead atoms. The van der Waals surface area contributed by atoms with Gasteiger partial charge in [-0.15, -0.1) is 0 Å². The van der Waals surface area contributed by atoms with Gasteiger partial charge in [-0.05, 0) is 63.3 Å². The summed E-state index contributed by atoms with van der Waals surface area (Å²) in [6.07, 6.45) is 4.26. The van der Waals surface area contributed by atoms with Gasteiger partial charge in [0.15, 0.2) is 0 Å². The molecule has 1 amide bonds. The van der Waals surface area contributed by atoms with Crippen LogP contribution in [0.15, 0.2) is 30.3 Å². The first-order valence-corrected chi connectivity index (χ1v) is 8.50. The molecule has 3 rings (SSSR count). The number of amides is 1. The molecule has 2 atom stereocenters. The van der Waals surface area contributed by atoms with Crippen molar-refractivity contribution in [3.8, 4) is 5.75 Å². The molecular weight excluding hydrogens is 328 g/mol. The topological polar surface area (TPSA) is 38.8 Å². The van der Waals surface area contributed by atoms with Crippen LogP contribution in [0.4, 0.5) is 13.6 Å². The Morgan fingerprint density at radius 3 is 2.68 bits per heavy atom. The Labute approximate surface area is 146 Å². The minimum atomic E-state index is -2.84. The summed E-state index contributed by atoms with van der Waals surface area (Å²) in [5.41, 5.74) is 1.40. The maximum atomic E-state index is 12.5. The summed E-state index contributed by atoms with van der Waals surface area (Å²) in [7, 11) is 0. The van der Waals surface area contributed by atoms with Crippen LogP contribution in [0.2, 0.25) is 0 Å². The van der Waals surface area contributed by atoms with E-state index in [1.165, 1.54) is 6.07 Å². The Morgan fingerprint density at radius 2 is 2.04 bits per heavy atom. The fourth-order valence-corrected chi connectivity index (χ4v) is 3.52. The van der Waals surface area contributed by atoms with Crippen LogP contribution in [0.5, 0.6) is 5.75 Å². The summed E-state index contributed by atoms with van der Waals surface area (Å²) >= 11 is 0. The second kappa shape index (κ2) is 6.65. The number of hydrogen-bond acceptors (Lipinski definition) is 3. The molecule has 0 N–H and O–H groups in total. The summed E-state index contributed by atoms with van der Waals surface area (Å²) in [6, 6.07) is 6.80. The Balaban J connectivity index is 1.79. The van der Waals surface area contributed by atoms with Crippen molar-refractivity contribution in [3.63, 3.8) is 0 Å². The van der Waals surface area contributed by atoms with E-state index in [1.54, 1.807) is 12.1 Å². The second-order valence-electron chi connectivity index (χ2n) is 7.49.